The molecule has 0 saturated heterocycles. The average molecular weight is 328 g/mol. The van der Waals surface area contributed by atoms with E-state index in [-0.39, 0.29) is 51.4 Å². The van der Waals surface area contributed by atoms with Gasteiger partial charge in [-0.15, -0.1) is 0 Å². The van der Waals surface area contributed by atoms with Gasteiger partial charge in [-0.05, 0) is 42.2 Å². The molecule has 102 valence electrons. The molecule has 0 amide bonds. The Hall–Kier alpha value is 1.08. The zero-order chi connectivity index (χ0) is 13.3. The van der Waals surface area contributed by atoms with Gasteiger partial charge in [0.2, 0.25) is 0 Å². The van der Waals surface area contributed by atoms with Crippen LogP contribution in [0, 0.1) is 0 Å². The molecule has 1 rings (SSSR count). The first-order chi connectivity index (χ1) is 8.58. The van der Waals surface area contributed by atoms with Gasteiger partial charge in [-0.3, -0.25) is 0 Å². The molecule has 0 aliphatic carbocycles. The minimum atomic E-state index is -4.13. The Kier molecular flexibility index (Phi) is 12.4. The van der Waals surface area contributed by atoms with Crippen molar-refractivity contribution >= 4 is 19.9 Å². The fourth-order valence-electron chi connectivity index (χ4n) is 1.56. The van der Waals surface area contributed by atoms with Crippen molar-refractivity contribution in [2.75, 3.05) is 18.8 Å². The maximum atomic E-state index is 10.3. The topological polar surface area (TPSA) is 69.2 Å². The van der Waals surface area contributed by atoms with Crippen LogP contribution in [-0.4, -0.2) is 31.8 Å². The first-order valence-corrected chi connectivity index (χ1v) is 8.84. The molecule has 0 bridgehead atoms. The molecule has 0 saturated carbocycles. The molecular formula is C12H18KNO3S2. The third-order valence-electron chi connectivity index (χ3n) is 2.42. The van der Waals surface area contributed by atoms with E-state index in [0.29, 0.717) is 23.1 Å². The standard InChI is InChI=1S/C12H19NO3S2.K/c14-18(15,16)17-11-10-13-9-5-4-8-12-6-2-1-3-7-12;/h1-3,6-7,13H,4-5,8-11H2,(H,14,15,16);/q;+1/p-1. The van der Waals surface area contributed by atoms with Gasteiger partial charge in [0.05, 0.1) is 0 Å². The van der Waals surface area contributed by atoms with Crippen molar-refractivity contribution in [1.82, 2.24) is 5.32 Å². The van der Waals surface area contributed by atoms with Gasteiger partial charge < -0.3 is 9.87 Å². The molecule has 0 unspecified atom stereocenters. The van der Waals surface area contributed by atoms with Crippen LogP contribution in [0.4, 0.5) is 0 Å². The third-order valence-corrected chi connectivity index (χ3v) is 4.44. The average Bonchev–Trinajstić information content (AvgIpc) is 2.32. The molecular weight excluding hydrogens is 309 g/mol. The van der Waals surface area contributed by atoms with Gasteiger partial charge >= 0.3 is 51.4 Å². The molecule has 0 heterocycles. The van der Waals surface area contributed by atoms with E-state index in [1.54, 1.807) is 0 Å². The Morgan fingerprint density at radius 3 is 2.42 bits per heavy atom. The maximum absolute atomic E-state index is 10.3. The first-order valence-electron chi connectivity index (χ1n) is 5.93. The number of unbranched alkanes of at least 4 members (excludes halogenated alkanes) is 1. The summed E-state index contributed by atoms with van der Waals surface area (Å²) in [6.45, 7) is 1.41. The Morgan fingerprint density at radius 1 is 1.11 bits per heavy atom. The van der Waals surface area contributed by atoms with Crippen LogP contribution in [0.15, 0.2) is 30.3 Å². The largest absolute Gasteiger partial charge is 1.00 e. The summed E-state index contributed by atoms with van der Waals surface area (Å²) in [4.78, 5) is 0. The number of rotatable bonds is 9. The van der Waals surface area contributed by atoms with E-state index in [1.165, 1.54) is 5.56 Å². The molecule has 1 aromatic rings. The molecule has 0 radical (unpaired) electrons. The van der Waals surface area contributed by atoms with E-state index >= 15 is 0 Å². The van der Waals surface area contributed by atoms with E-state index < -0.39 is 9.15 Å². The predicted octanol–water partition coefficient (Wildman–Crippen LogP) is -1.20. The second-order valence-corrected chi connectivity index (χ2v) is 7.32. The van der Waals surface area contributed by atoms with Crippen molar-refractivity contribution in [3.05, 3.63) is 35.9 Å². The summed E-state index contributed by atoms with van der Waals surface area (Å²) in [6, 6.07) is 10.3. The molecule has 0 spiro atoms. The Labute approximate surface area is 161 Å². The van der Waals surface area contributed by atoms with Crippen LogP contribution in [-0.2, 0) is 15.6 Å². The van der Waals surface area contributed by atoms with Crippen molar-refractivity contribution in [3.8, 4) is 0 Å². The van der Waals surface area contributed by atoms with Crippen LogP contribution in [0.5, 0.6) is 0 Å². The molecule has 0 fully saturated rings. The second kappa shape index (κ2) is 11.7. The molecule has 0 aliphatic heterocycles. The number of aryl methyl sites for hydroxylation is 1. The van der Waals surface area contributed by atoms with Crippen molar-refractivity contribution in [3.63, 3.8) is 0 Å². The first kappa shape index (κ1) is 20.1. The quantitative estimate of drug-likeness (QED) is 0.267. The van der Waals surface area contributed by atoms with E-state index in [1.807, 2.05) is 18.2 Å². The zero-order valence-electron chi connectivity index (χ0n) is 11.2. The van der Waals surface area contributed by atoms with Gasteiger partial charge in [-0.1, -0.05) is 30.3 Å². The van der Waals surface area contributed by atoms with Crippen LogP contribution in [0.1, 0.15) is 18.4 Å². The number of hydrogen-bond donors (Lipinski definition) is 1. The van der Waals surface area contributed by atoms with Crippen LogP contribution in [0.3, 0.4) is 0 Å². The van der Waals surface area contributed by atoms with E-state index in [9.17, 15) is 13.0 Å². The molecule has 1 aromatic carbocycles. The summed E-state index contributed by atoms with van der Waals surface area (Å²) >= 11 is 0. The van der Waals surface area contributed by atoms with Crippen LogP contribution in [0.2, 0.25) is 0 Å². The van der Waals surface area contributed by atoms with Crippen LogP contribution in [0.25, 0.3) is 0 Å². The van der Waals surface area contributed by atoms with Gasteiger partial charge in [0.1, 0.15) is 9.15 Å². The summed E-state index contributed by atoms with van der Waals surface area (Å²) in [5.74, 6) is 0.310. The SMILES string of the molecule is O=S(=O)([O-])SCCNCCCCc1ccccc1.[K+]. The monoisotopic (exact) mass is 327 g/mol. The fraction of sp³-hybridized carbons (Fsp3) is 0.500. The minimum absolute atomic E-state index is 0. The Morgan fingerprint density at radius 2 is 1.79 bits per heavy atom. The fourth-order valence-corrected chi connectivity index (χ4v) is 2.86. The van der Waals surface area contributed by atoms with Gasteiger partial charge in [0, 0.05) is 12.3 Å². The van der Waals surface area contributed by atoms with Crippen molar-refractivity contribution < 1.29 is 64.4 Å². The van der Waals surface area contributed by atoms with Crippen LogP contribution >= 0.6 is 10.8 Å². The summed E-state index contributed by atoms with van der Waals surface area (Å²) in [7, 11) is -3.68. The van der Waals surface area contributed by atoms with E-state index in [2.05, 4.69) is 17.4 Å². The molecule has 0 aliphatic rings. The summed E-state index contributed by atoms with van der Waals surface area (Å²) in [5, 5.41) is 3.12. The van der Waals surface area contributed by atoms with Crippen molar-refractivity contribution in [1.29, 1.82) is 0 Å². The summed E-state index contributed by atoms with van der Waals surface area (Å²) < 4.78 is 30.9. The Balaban J connectivity index is 0.00000324. The second-order valence-electron chi connectivity index (χ2n) is 3.92. The van der Waals surface area contributed by atoms with Gasteiger partial charge in [0.25, 0.3) is 0 Å². The third kappa shape index (κ3) is 12.5. The summed E-state index contributed by atoms with van der Waals surface area (Å²) in [5.41, 5.74) is 1.34. The van der Waals surface area contributed by atoms with E-state index in [0.717, 1.165) is 25.8 Å². The normalized spacial score (nSPS) is 11.0. The van der Waals surface area contributed by atoms with Gasteiger partial charge in [-0.25, -0.2) is 8.42 Å². The van der Waals surface area contributed by atoms with Crippen molar-refractivity contribution in [2.24, 2.45) is 0 Å². The molecule has 7 heteroatoms. The van der Waals surface area contributed by atoms with E-state index in [4.69, 9.17) is 0 Å². The maximum Gasteiger partial charge on any atom is 1.00 e. The number of benzene rings is 1. The van der Waals surface area contributed by atoms with Gasteiger partial charge in [0.15, 0.2) is 0 Å². The smallest absolute Gasteiger partial charge is 0.739 e. The number of nitrogens with one attached hydrogen (secondary N) is 1. The zero-order valence-corrected chi connectivity index (χ0v) is 15.9. The molecule has 0 atom stereocenters. The Bertz CT molecular complexity index is 426. The molecule has 19 heavy (non-hydrogen) atoms. The summed E-state index contributed by atoms with van der Waals surface area (Å²) in [6.07, 6.45) is 3.21. The number of hydrogen-bond acceptors (Lipinski definition) is 5. The van der Waals surface area contributed by atoms with Crippen molar-refractivity contribution in [2.45, 2.75) is 19.3 Å². The molecule has 1 N–H and O–H groups in total. The molecule has 0 aromatic heterocycles. The predicted molar refractivity (Wildman–Crippen MR) is 74.4 cm³/mol. The van der Waals surface area contributed by atoms with Crippen LogP contribution < -0.4 is 56.7 Å². The van der Waals surface area contributed by atoms with Gasteiger partial charge in [-0.2, -0.15) is 0 Å². The molecule has 4 nitrogen and oxygen atoms in total. The minimum Gasteiger partial charge on any atom is -0.739 e.